The predicted octanol–water partition coefficient (Wildman–Crippen LogP) is 4.92. The maximum absolute atomic E-state index is 12.3. The van der Waals surface area contributed by atoms with Crippen LogP contribution < -0.4 is 10.5 Å². The summed E-state index contributed by atoms with van der Waals surface area (Å²) in [6.45, 7) is 3.84. The van der Waals surface area contributed by atoms with Crippen molar-refractivity contribution in [3.8, 4) is 17.3 Å². The van der Waals surface area contributed by atoms with Crippen molar-refractivity contribution in [3.63, 3.8) is 0 Å². The fourth-order valence-corrected chi connectivity index (χ4v) is 4.59. The van der Waals surface area contributed by atoms with Gasteiger partial charge in [0.2, 0.25) is 0 Å². The van der Waals surface area contributed by atoms with Gasteiger partial charge in [-0.2, -0.15) is 5.26 Å². The summed E-state index contributed by atoms with van der Waals surface area (Å²) >= 11 is 0. The summed E-state index contributed by atoms with van der Waals surface area (Å²) in [6.07, 6.45) is 1.23. The Morgan fingerprint density at radius 2 is 1.97 bits per heavy atom. The molecule has 0 saturated heterocycles. The van der Waals surface area contributed by atoms with Crippen LogP contribution in [0.3, 0.4) is 0 Å². The van der Waals surface area contributed by atoms with Crippen molar-refractivity contribution in [1.82, 2.24) is 10.1 Å². The zero-order valence-corrected chi connectivity index (χ0v) is 20.2. The van der Waals surface area contributed by atoms with E-state index in [1.54, 1.807) is 12.1 Å². The summed E-state index contributed by atoms with van der Waals surface area (Å²) in [5, 5.41) is 23.3. The monoisotopic (exact) mass is 473 g/mol. The van der Waals surface area contributed by atoms with E-state index in [4.69, 9.17) is 14.6 Å². The maximum Gasteiger partial charge on any atom is 0.168 e. The van der Waals surface area contributed by atoms with Gasteiger partial charge in [-0.15, -0.1) is 0 Å². The average Bonchev–Trinajstić information content (AvgIpc) is 3.26. The van der Waals surface area contributed by atoms with E-state index < -0.39 is 15.7 Å². The molecule has 0 bridgehead atoms. The van der Waals surface area contributed by atoms with Crippen LogP contribution in [0, 0.1) is 11.3 Å². The van der Waals surface area contributed by atoms with Crippen LogP contribution >= 0.6 is 0 Å². The lowest BCUT2D eigenvalue weighted by molar-refractivity contribution is 0.459. The van der Waals surface area contributed by atoms with Crippen molar-refractivity contribution < 1.29 is 8.73 Å². The van der Waals surface area contributed by atoms with E-state index in [0.29, 0.717) is 29.7 Å². The minimum Gasteiger partial charge on any atom is -0.373 e. The predicted molar refractivity (Wildman–Crippen MR) is 135 cm³/mol. The molecule has 3 N–H and O–H groups in total. The molecule has 0 spiro atoms. The van der Waals surface area contributed by atoms with Crippen molar-refractivity contribution in [2.24, 2.45) is 5.14 Å². The molecule has 0 aliphatic rings. The molecule has 174 valence electrons. The van der Waals surface area contributed by atoms with Crippen molar-refractivity contribution in [2.75, 3.05) is 12.4 Å². The van der Waals surface area contributed by atoms with Gasteiger partial charge >= 0.3 is 0 Å². The van der Waals surface area contributed by atoms with Crippen LogP contribution in [0.25, 0.3) is 22.2 Å². The third kappa shape index (κ3) is 4.86. The molecule has 4 rings (SSSR count). The van der Waals surface area contributed by atoms with Crippen LogP contribution in [0.5, 0.6) is 0 Å². The first-order chi connectivity index (χ1) is 16.3. The number of benzene rings is 2. The van der Waals surface area contributed by atoms with Gasteiger partial charge in [0.05, 0.1) is 27.4 Å². The van der Waals surface area contributed by atoms with Crippen LogP contribution in [-0.2, 0) is 17.4 Å². The largest absolute Gasteiger partial charge is 0.373 e. The lowest BCUT2D eigenvalue weighted by Crippen LogP contribution is -2.34. The Kier molecular flexibility index (Phi) is 6.77. The van der Waals surface area contributed by atoms with E-state index in [2.05, 4.69) is 22.6 Å². The minimum absolute atomic E-state index is 0.0246. The number of nitrogens with one attached hydrogen (secondary N) is 1. The molecule has 7 nitrogen and oxygen atoms in total. The quantitative estimate of drug-likeness (QED) is 0.375. The topological polar surface area (TPSA) is 118 Å². The molecule has 0 aliphatic carbocycles. The van der Waals surface area contributed by atoms with Crippen LogP contribution in [0.2, 0.25) is 0 Å². The molecule has 2 atom stereocenters. The van der Waals surface area contributed by atoms with Gasteiger partial charge in [0, 0.05) is 29.8 Å². The van der Waals surface area contributed by atoms with Crippen molar-refractivity contribution >= 4 is 27.8 Å². The standard InChI is InChI=1S/C26H27N5O2S/c1-26(2,34(28)32)15-18(14-19-7-6-10-24(29-3)30-19)20-8-4-5-9-21(20)25-22-12-11-17(16-27)13-23(22)33-31-25/h4-13,18H,14-15,28H2,1-3H3,(H,29,30)/t18-,34?/m0/s1. The fraction of sp³-hybridized carbons (Fsp3) is 0.269. The van der Waals surface area contributed by atoms with Crippen LogP contribution in [-0.4, -0.2) is 26.1 Å². The fourth-order valence-electron chi connectivity index (χ4n) is 4.22. The first-order valence-electron chi connectivity index (χ1n) is 11.0. The zero-order chi connectivity index (χ0) is 24.3. The molecule has 0 radical (unpaired) electrons. The van der Waals surface area contributed by atoms with E-state index in [1.807, 2.05) is 63.4 Å². The van der Waals surface area contributed by atoms with Gasteiger partial charge in [-0.05, 0) is 62.4 Å². The molecular formula is C26H27N5O2S. The number of nitrogens with two attached hydrogens (primary N) is 1. The van der Waals surface area contributed by atoms with Gasteiger partial charge < -0.3 is 9.84 Å². The molecule has 2 aromatic carbocycles. The van der Waals surface area contributed by atoms with Crippen molar-refractivity contribution in [3.05, 3.63) is 77.5 Å². The second kappa shape index (κ2) is 9.75. The summed E-state index contributed by atoms with van der Waals surface area (Å²) in [7, 11) is 0.339. The number of rotatable bonds is 8. The highest BCUT2D eigenvalue weighted by molar-refractivity contribution is 7.84. The molecule has 0 amide bonds. The number of aromatic nitrogens is 2. The maximum atomic E-state index is 12.3. The Hall–Kier alpha value is -3.54. The first kappa shape index (κ1) is 23.6. The number of hydrogen-bond acceptors (Lipinski definition) is 6. The highest BCUT2D eigenvalue weighted by Crippen LogP contribution is 2.39. The summed E-state index contributed by atoms with van der Waals surface area (Å²) in [6, 6.07) is 21.4. The molecule has 0 fully saturated rings. The Bertz CT molecular complexity index is 1390. The number of hydrogen-bond donors (Lipinski definition) is 2. The molecule has 0 aliphatic heterocycles. The van der Waals surface area contributed by atoms with E-state index in [1.165, 1.54) is 0 Å². The molecule has 2 heterocycles. The number of pyridine rings is 1. The Labute approximate surface area is 201 Å². The number of nitrogens with zero attached hydrogens (tertiary/aromatic N) is 3. The molecule has 8 heteroatoms. The molecule has 34 heavy (non-hydrogen) atoms. The van der Waals surface area contributed by atoms with Gasteiger partial charge in [0.15, 0.2) is 5.58 Å². The average molecular weight is 474 g/mol. The molecule has 0 saturated carbocycles. The second-order valence-corrected chi connectivity index (χ2v) is 10.6. The Morgan fingerprint density at radius 1 is 1.18 bits per heavy atom. The van der Waals surface area contributed by atoms with Gasteiger partial charge in [-0.1, -0.05) is 35.5 Å². The zero-order valence-electron chi connectivity index (χ0n) is 19.4. The summed E-state index contributed by atoms with van der Waals surface area (Å²) in [5.41, 5.74) is 4.70. The highest BCUT2D eigenvalue weighted by Gasteiger charge is 2.31. The number of anilines is 1. The first-order valence-corrected chi connectivity index (χ1v) is 12.2. The van der Waals surface area contributed by atoms with E-state index in [0.717, 1.165) is 28.0 Å². The second-order valence-electron chi connectivity index (χ2n) is 8.87. The summed E-state index contributed by atoms with van der Waals surface area (Å²) in [5.74, 6) is 0.769. The molecule has 4 aromatic rings. The van der Waals surface area contributed by atoms with Crippen molar-refractivity contribution in [1.29, 1.82) is 5.26 Å². The normalized spacial score (nSPS) is 13.4. The SMILES string of the molecule is CNc1cccc(C[C@@H](CC(C)(C)S(N)=O)c2ccccc2-c2noc3cc(C#N)ccc23)n1. The van der Waals surface area contributed by atoms with Gasteiger partial charge in [0.25, 0.3) is 0 Å². The van der Waals surface area contributed by atoms with Crippen LogP contribution in [0.15, 0.2) is 65.2 Å². The molecule has 1 unspecified atom stereocenters. The van der Waals surface area contributed by atoms with Gasteiger partial charge in [-0.25, -0.2) is 9.19 Å². The van der Waals surface area contributed by atoms with E-state index in [-0.39, 0.29) is 5.92 Å². The number of nitriles is 1. The van der Waals surface area contributed by atoms with Crippen LogP contribution in [0.1, 0.15) is 43.0 Å². The lowest BCUT2D eigenvalue weighted by Gasteiger charge is -2.29. The van der Waals surface area contributed by atoms with E-state index in [9.17, 15) is 9.47 Å². The summed E-state index contributed by atoms with van der Waals surface area (Å²) < 4.78 is 17.3. The van der Waals surface area contributed by atoms with E-state index >= 15 is 0 Å². The third-order valence-corrected chi connectivity index (χ3v) is 7.31. The lowest BCUT2D eigenvalue weighted by atomic mass is 9.83. The van der Waals surface area contributed by atoms with Crippen LogP contribution in [0.4, 0.5) is 5.82 Å². The molecule has 2 aromatic heterocycles. The Morgan fingerprint density at radius 3 is 2.71 bits per heavy atom. The summed E-state index contributed by atoms with van der Waals surface area (Å²) in [4.78, 5) is 4.71. The smallest absolute Gasteiger partial charge is 0.168 e. The van der Waals surface area contributed by atoms with Crippen molar-refractivity contribution in [2.45, 2.75) is 37.4 Å². The minimum atomic E-state index is -1.50. The van der Waals surface area contributed by atoms with Gasteiger partial charge in [0.1, 0.15) is 11.5 Å². The third-order valence-electron chi connectivity index (χ3n) is 6.06. The number of fused-ring (bicyclic) bond motifs is 1. The van der Waals surface area contributed by atoms with Gasteiger partial charge in [-0.3, -0.25) is 5.14 Å². The molecular weight excluding hydrogens is 446 g/mol. The Balaban J connectivity index is 1.82. The highest BCUT2D eigenvalue weighted by atomic mass is 32.2.